The lowest BCUT2D eigenvalue weighted by atomic mass is 9.97. The molecule has 2 heterocycles. The van der Waals surface area contributed by atoms with Crippen LogP contribution < -0.4 is 4.90 Å². The molecule has 1 aromatic carbocycles. The lowest BCUT2D eigenvalue weighted by Gasteiger charge is -2.23. The Hall–Kier alpha value is -2.68. The van der Waals surface area contributed by atoms with Gasteiger partial charge in [0, 0.05) is 50.6 Å². The van der Waals surface area contributed by atoms with Gasteiger partial charge in [0.25, 0.3) is 0 Å². The molecule has 2 N–H and O–H groups in total. The molecule has 0 saturated carbocycles. The standard InChI is InChI=1S/C22H26FN5O2.ClH/c1-16(17-2-4-18(23)5-3-17)12-21-26-19(13-20-15-24-6-7-25-20)14-22(27-21)28(8-10-29)9-11-30;/h2-7,14-16,29-30H,8-13H2,1H3;1H/t16-;/m1./s1. The monoisotopic (exact) mass is 447 g/mol. The molecule has 0 aliphatic heterocycles. The molecule has 166 valence electrons. The fourth-order valence-corrected chi connectivity index (χ4v) is 3.25. The molecule has 0 aliphatic carbocycles. The van der Waals surface area contributed by atoms with E-state index in [1.165, 1.54) is 12.1 Å². The molecule has 9 heteroatoms. The molecule has 2 aromatic heterocycles. The number of hydrogen-bond donors (Lipinski definition) is 2. The number of anilines is 1. The van der Waals surface area contributed by atoms with E-state index in [0.717, 1.165) is 17.0 Å². The van der Waals surface area contributed by atoms with Crippen LogP contribution in [0.25, 0.3) is 0 Å². The van der Waals surface area contributed by atoms with Crippen molar-refractivity contribution < 1.29 is 14.6 Å². The van der Waals surface area contributed by atoms with Crippen molar-refractivity contribution in [2.45, 2.75) is 25.7 Å². The van der Waals surface area contributed by atoms with E-state index in [4.69, 9.17) is 4.98 Å². The van der Waals surface area contributed by atoms with Gasteiger partial charge in [-0.2, -0.15) is 0 Å². The molecule has 0 fully saturated rings. The largest absolute Gasteiger partial charge is 0.395 e. The average molecular weight is 448 g/mol. The second-order valence-electron chi connectivity index (χ2n) is 7.10. The summed E-state index contributed by atoms with van der Waals surface area (Å²) in [6, 6.07) is 8.30. The normalized spacial score (nSPS) is 11.6. The molecule has 0 unspecified atom stereocenters. The van der Waals surface area contributed by atoms with Crippen molar-refractivity contribution in [3.05, 3.63) is 77.5 Å². The third-order valence-corrected chi connectivity index (χ3v) is 4.78. The molecule has 3 rings (SSSR count). The number of aromatic nitrogens is 4. The third kappa shape index (κ3) is 7.20. The van der Waals surface area contributed by atoms with Crippen molar-refractivity contribution in [3.8, 4) is 0 Å². The third-order valence-electron chi connectivity index (χ3n) is 4.78. The van der Waals surface area contributed by atoms with Crippen molar-refractivity contribution in [2.24, 2.45) is 0 Å². The molecular weight excluding hydrogens is 421 g/mol. The first-order valence-electron chi connectivity index (χ1n) is 9.93. The summed E-state index contributed by atoms with van der Waals surface area (Å²) in [6.45, 7) is 2.66. The summed E-state index contributed by atoms with van der Waals surface area (Å²) in [7, 11) is 0. The van der Waals surface area contributed by atoms with Crippen LogP contribution in [0.2, 0.25) is 0 Å². The molecule has 7 nitrogen and oxygen atoms in total. The molecule has 31 heavy (non-hydrogen) atoms. The zero-order valence-electron chi connectivity index (χ0n) is 17.4. The van der Waals surface area contributed by atoms with Crippen molar-refractivity contribution in [2.75, 3.05) is 31.2 Å². The number of benzene rings is 1. The molecule has 0 spiro atoms. The summed E-state index contributed by atoms with van der Waals surface area (Å²) in [4.78, 5) is 19.6. The molecular formula is C22H27ClFN5O2. The number of aliphatic hydroxyl groups is 2. The molecule has 0 saturated heterocycles. The summed E-state index contributed by atoms with van der Waals surface area (Å²) < 4.78 is 13.2. The van der Waals surface area contributed by atoms with Gasteiger partial charge in [-0.3, -0.25) is 9.97 Å². The lowest BCUT2D eigenvalue weighted by molar-refractivity contribution is 0.280. The Labute approximate surface area is 187 Å². The molecule has 0 amide bonds. The molecule has 0 bridgehead atoms. The van der Waals surface area contributed by atoms with Gasteiger partial charge in [0.2, 0.25) is 0 Å². The molecule has 0 aliphatic rings. The molecule has 0 radical (unpaired) electrons. The number of aliphatic hydroxyl groups excluding tert-OH is 2. The lowest BCUT2D eigenvalue weighted by Crippen LogP contribution is -2.31. The summed E-state index contributed by atoms with van der Waals surface area (Å²) >= 11 is 0. The fraction of sp³-hybridized carbons (Fsp3) is 0.364. The number of nitrogens with zero attached hydrogens (tertiary/aromatic N) is 5. The minimum absolute atomic E-state index is 0. The van der Waals surface area contributed by atoms with Crippen LogP contribution in [0.1, 0.15) is 35.6 Å². The Kier molecular flexibility index (Phi) is 9.71. The maximum Gasteiger partial charge on any atom is 0.132 e. The van der Waals surface area contributed by atoms with E-state index in [9.17, 15) is 14.6 Å². The Balaban J connectivity index is 0.00000341. The Morgan fingerprint density at radius 3 is 2.32 bits per heavy atom. The second-order valence-corrected chi connectivity index (χ2v) is 7.10. The molecule has 3 aromatic rings. The van der Waals surface area contributed by atoms with E-state index >= 15 is 0 Å². The van der Waals surface area contributed by atoms with Gasteiger partial charge in [-0.1, -0.05) is 19.1 Å². The zero-order chi connectivity index (χ0) is 21.3. The van der Waals surface area contributed by atoms with Crippen molar-refractivity contribution in [1.82, 2.24) is 19.9 Å². The van der Waals surface area contributed by atoms with Crippen LogP contribution in [0.15, 0.2) is 48.9 Å². The van der Waals surface area contributed by atoms with Crippen LogP contribution in [0.4, 0.5) is 10.2 Å². The maximum absolute atomic E-state index is 13.2. The summed E-state index contributed by atoms with van der Waals surface area (Å²) in [6.07, 6.45) is 6.02. The zero-order valence-corrected chi connectivity index (χ0v) is 18.2. The predicted molar refractivity (Wildman–Crippen MR) is 119 cm³/mol. The highest BCUT2D eigenvalue weighted by atomic mass is 35.5. The summed E-state index contributed by atoms with van der Waals surface area (Å²) in [5.74, 6) is 1.12. The van der Waals surface area contributed by atoms with Crippen LogP contribution in [-0.4, -0.2) is 56.5 Å². The first kappa shape index (κ1) is 24.6. The van der Waals surface area contributed by atoms with Crippen LogP contribution in [0.5, 0.6) is 0 Å². The van der Waals surface area contributed by atoms with Crippen molar-refractivity contribution >= 4 is 18.2 Å². The first-order chi connectivity index (χ1) is 14.6. The van der Waals surface area contributed by atoms with Gasteiger partial charge >= 0.3 is 0 Å². The van der Waals surface area contributed by atoms with Gasteiger partial charge in [0.1, 0.15) is 17.5 Å². The van der Waals surface area contributed by atoms with Gasteiger partial charge in [0.05, 0.1) is 24.6 Å². The van der Waals surface area contributed by atoms with E-state index in [2.05, 4.69) is 15.0 Å². The van der Waals surface area contributed by atoms with Crippen LogP contribution in [0, 0.1) is 5.82 Å². The van der Waals surface area contributed by atoms with Gasteiger partial charge < -0.3 is 15.1 Å². The van der Waals surface area contributed by atoms with E-state index in [0.29, 0.717) is 37.6 Å². The fourth-order valence-electron chi connectivity index (χ4n) is 3.25. The van der Waals surface area contributed by atoms with E-state index in [1.54, 1.807) is 30.7 Å². The van der Waals surface area contributed by atoms with Gasteiger partial charge in [-0.05, 0) is 23.6 Å². The smallest absolute Gasteiger partial charge is 0.132 e. The highest BCUT2D eigenvalue weighted by molar-refractivity contribution is 5.85. The highest BCUT2D eigenvalue weighted by Gasteiger charge is 2.15. The first-order valence-corrected chi connectivity index (χ1v) is 9.93. The Morgan fingerprint density at radius 2 is 1.71 bits per heavy atom. The van der Waals surface area contributed by atoms with E-state index < -0.39 is 0 Å². The van der Waals surface area contributed by atoms with Crippen molar-refractivity contribution in [3.63, 3.8) is 0 Å². The van der Waals surface area contributed by atoms with Crippen LogP contribution in [-0.2, 0) is 12.8 Å². The minimum Gasteiger partial charge on any atom is -0.395 e. The summed E-state index contributed by atoms with van der Waals surface area (Å²) in [5.41, 5.74) is 2.57. The quantitative estimate of drug-likeness (QED) is 0.493. The number of hydrogen-bond acceptors (Lipinski definition) is 7. The minimum atomic E-state index is -0.265. The van der Waals surface area contributed by atoms with Crippen LogP contribution >= 0.6 is 12.4 Å². The maximum atomic E-state index is 13.2. The second kappa shape index (κ2) is 12.2. The highest BCUT2D eigenvalue weighted by Crippen LogP contribution is 2.22. The topological polar surface area (TPSA) is 95.3 Å². The SMILES string of the molecule is C[C@H](Cc1nc(Cc2cnccn2)cc(N(CCO)CCO)n1)c1ccc(F)cc1.Cl. The van der Waals surface area contributed by atoms with Crippen molar-refractivity contribution in [1.29, 1.82) is 0 Å². The van der Waals surface area contributed by atoms with Crippen LogP contribution in [0.3, 0.4) is 0 Å². The van der Waals surface area contributed by atoms with Gasteiger partial charge in [-0.25, -0.2) is 14.4 Å². The van der Waals surface area contributed by atoms with E-state index in [-0.39, 0.29) is 37.4 Å². The number of rotatable bonds is 10. The van der Waals surface area contributed by atoms with E-state index in [1.807, 2.05) is 17.9 Å². The van der Waals surface area contributed by atoms with Gasteiger partial charge in [0.15, 0.2) is 0 Å². The van der Waals surface area contributed by atoms with Gasteiger partial charge in [-0.15, -0.1) is 12.4 Å². The Bertz CT molecular complexity index is 925. The molecule has 1 atom stereocenters. The Morgan fingerprint density at radius 1 is 1.00 bits per heavy atom. The number of halogens is 2. The predicted octanol–water partition coefficient (Wildman–Crippen LogP) is 2.56. The average Bonchev–Trinajstić information content (AvgIpc) is 2.74. The summed E-state index contributed by atoms with van der Waals surface area (Å²) in [5, 5.41) is 18.8.